The predicted molar refractivity (Wildman–Crippen MR) is 78.2 cm³/mol. The topological polar surface area (TPSA) is 50.8 Å². The molecule has 0 bridgehead atoms. The molecule has 0 radical (unpaired) electrons. The van der Waals surface area contributed by atoms with E-state index < -0.39 is 0 Å². The van der Waals surface area contributed by atoms with Gasteiger partial charge < -0.3 is 0 Å². The van der Waals surface area contributed by atoms with Gasteiger partial charge in [-0.15, -0.1) is 0 Å². The summed E-state index contributed by atoms with van der Waals surface area (Å²) in [7, 11) is 0. The second-order valence-electron chi connectivity index (χ2n) is 4.42. The summed E-state index contributed by atoms with van der Waals surface area (Å²) in [4.78, 5) is 2.44. The summed E-state index contributed by atoms with van der Waals surface area (Å²) >= 11 is 2.00. The Balaban J connectivity index is 2.09. The molecule has 1 aliphatic rings. The van der Waals surface area contributed by atoms with Crippen LogP contribution in [0, 0.1) is 22.7 Å². The molecule has 1 aliphatic heterocycles. The van der Waals surface area contributed by atoms with Crippen LogP contribution >= 0.6 is 11.8 Å². The standard InChI is InChI=1S/C15H15N3S/c16-10-15(11-17)9-13-2-1-3-14(8-13)12-18-4-6-19-7-5-18/h1-3,8-9H,4-7,12H2. The van der Waals surface area contributed by atoms with Gasteiger partial charge in [-0.25, -0.2) is 0 Å². The smallest absolute Gasteiger partial charge is 0.130 e. The monoisotopic (exact) mass is 269 g/mol. The summed E-state index contributed by atoms with van der Waals surface area (Å²) in [6, 6.07) is 11.8. The number of hydrogen-bond donors (Lipinski definition) is 0. The average molecular weight is 269 g/mol. The van der Waals surface area contributed by atoms with Crippen LogP contribution in [0.25, 0.3) is 6.08 Å². The number of nitrogens with zero attached hydrogens (tertiary/aromatic N) is 3. The molecular weight excluding hydrogens is 254 g/mol. The lowest BCUT2D eigenvalue weighted by atomic mass is 10.1. The van der Waals surface area contributed by atoms with Gasteiger partial charge in [0.1, 0.15) is 17.7 Å². The molecule has 0 saturated carbocycles. The minimum atomic E-state index is 0.145. The van der Waals surface area contributed by atoms with Crippen LogP contribution in [0.15, 0.2) is 29.8 Å². The van der Waals surface area contributed by atoms with E-state index in [-0.39, 0.29) is 5.57 Å². The maximum Gasteiger partial charge on any atom is 0.130 e. The fourth-order valence-electron chi connectivity index (χ4n) is 2.05. The highest BCUT2D eigenvalue weighted by molar-refractivity contribution is 7.99. The molecule has 3 nitrogen and oxygen atoms in total. The molecule has 0 spiro atoms. The van der Waals surface area contributed by atoms with Crippen LogP contribution in [0.1, 0.15) is 11.1 Å². The van der Waals surface area contributed by atoms with E-state index in [1.807, 2.05) is 36.0 Å². The zero-order chi connectivity index (χ0) is 13.5. The third kappa shape index (κ3) is 4.13. The molecule has 1 aromatic rings. The Hall–Kier alpha value is -1.75. The van der Waals surface area contributed by atoms with E-state index in [4.69, 9.17) is 10.5 Å². The number of benzene rings is 1. The highest BCUT2D eigenvalue weighted by Crippen LogP contribution is 2.15. The van der Waals surface area contributed by atoms with Crippen molar-refractivity contribution in [2.24, 2.45) is 0 Å². The van der Waals surface area contributed by atoms with E-state index in [9.17, 15) is 0 Å². The minimum Gasteiger partial charge on any atom is -0.297 e. The molecule has 0 amide bonds. The third-order valence-corrected chi connectivity index (χ3v) is 3.96. The Morgan fingerprint density at radius 1 is 1.26 bits per heavy atom. The molecular formula is C15H15N3S. The SMILES string of the molecule is N#CC(C#N)=Cc1cccc(CN2CCSCC2)c1. The first-order chi connectivity index (χ1) is 9.31. The second kappa shape index (κ2) is 6.99. The van der Waals surface area contributed by atoms with E-state index in [0.717, 1.165) is 25.2 Å². The zero-order valence-electron chi connectivity index (χ0n) is 10.7. The molecule has 0 N–H and O–H groups in total. The van der Waals surface area contributed by atoms with Crippen LogP contribution in [0.4, 0.5) is 0 Å². The van der Waals surface area contributed by atoms with E-state index in [2.05, 4.69) is 17.0 Å². The Bertz CT molecular complexity index is 529. The van der Waals surface area contributed by atoms with Crippen molar-refractivity contribution in [3.05, 3.63) is 41.0 Å². The van der Waals surface area contributed by atoms with Crippen molar-refractivity contribution in [1.82, 2.24) is 4.90 Å². The van der Waals surface area contributed by atoms with E-state index >= 15 is 0 Å². The molecule has 2 rings (SSSR count). The van der Waals surface area contributed by atoms with Gasteiger partial charge in [0.2, 0.25) is 0 Å². The lowest BCUT2D eigenvalue weighted by Crippen LogP contribution is -2.31. The molecule has 0 aliphatic carbocycles. The van der Waals surface area contributed by atoms with Gasteiger partial charge in [-0.05, 0) is 17.2 Å². The molecule has 19 heavy (non-hydrogen) atoms. The molecule has 4 heteroatoms. The van der Waals surface area contributed by atoms with E-state index in [1.165, 1.54) is 17.1 Å². The fourth-order valence-corrected chi connectivity index (χ4v) is 3.03. The molecule has 0 unspecified atom stereocenters. The van der Waals surface area contributed by atoms with Gasteiger partial charge in [0, 0.05) is 31.1 Å². The lowest BCUT2D eigenvalue weighted by Gasteiger charge is -2.26. The fraction of sp³-hybridized carbons (Fsp3) is 0.333. The zero-order valence-corrected chi connectivity index (χ0v) is 11.5. The molecule has 0 atom stereocenters. The van der Waals surface area contributed by atoms with Crippen LogP contribution in [-0.4, -0.2) is 29.5 Å². The Labute approximate surface area is 118 Å². The summed E-state index contributed by atoms with van der Waals surface area (Å²) in [5.41, 5.74) is 2.30. The van der Waals surface area contributed by atoms with Crippen molar-refractivity contribution in [3.8, 4) is 12.1 Å². The first-order valence-electron chi connectivity index (χ1n) is 6.23. The van der Waals surface area contributed by atoms with Crippen LogP contribution in [0.3, 0.4) is 0 Å². The number of allylic oxidation sites excluding steroid dienone is 1. The molecule has 1 fully saturated rings. The minimum absolute atomic E-state index is 0.145. The van der Waals surface area contributed by atoms with Crippen LogP contribution in [0.5, 0.6) is 0 Å². The third-order valence-electron chi connectivity index (χ3n) is 3.01. The lowest BCUT2D eigenvalue weighted by molar-refractivity contribution is 0.294. The first-order valence-corrected chi connectivity index (χ1v) is 7.38. The Morgan fingerprint density at radius 3 is 2.68 bits per heavy atom. The van der Waals surface area contributed by atoms with Gasteiger partial charge in [0.15, 0.2) is 0 Å². The Kier molecular flexibility index (Phi) is 5.03. The summed E-state index contributed by atoms with van der Waals surface area (Å²) < 4.78 is 0. The molecule has 96 valence electrons. The van der Waals surface area contributed by atoms with Gasteiger partial charge in [-0.3, -0.25) is 4.90 Å². The number of nitriles is 2. The highest BCUT2D eigenvalue weighted by atomic mass is 32.2. The van der Waals surface area contributed by atoms with Crippen molar-refractivity contribution < 1.29 is 0 Å². The molecule has 0 aromatic heterocycles. The Morgan fingerprint density at radius 2 is 2.00 bits per heavy atom. The van der Waals surface area contributed by atoms with Crippen LogP contribution in [0.2, 0.25) is 0 Å². The van der Waals surface area contributed by atoms with Gasteiger partial charge in [-0.2, -0.15) is 22.3 Å². The van der Waals surface area contributed by atoms with Gasteiger partial charge >= 0.3 is 0 Å². The van der Waals surface area contributed by atoms with Crippen LogP contribution < -0.4 is 0 Å². The first kappa shape index (κ1) is 13.7. The maximum absolute atomic E-state index is 8.77. The van der Waals surface area contributed by atoms with Crippen molar-refractivity contribution in [3.63, 3.8) is 0 Å². The van der Waals surface area contributed by atoms with E-state index in [1.54, 1.807) is 6.08 Å². The van der Waals surface area contributed by atoms with Crippen molar-refractivity contribution in [1.29, 1.82) is 10.5 Å². The van der Waals surface area contributed by atoms with Gasteiger partial charge in [-0.1, -0.05) is 24.3 Å². The molecule has 1 aromatic carbocycles. The summed E-state index contributed by atoms with van der Waals surface area (Å²) in [6.07, 6.45) is 1.63. The molecule has 1 saturated heterocycles. The predicted octanol–water partition coefficient (Wildman–Crippen LogP) is 2.67. The quantitative estimate of drug-likeness (QED) is 0.792. The number of thioether (sulfide) groups is 1. The number of rotatable bonds is 3. The molecule has 1 heterocycles. The number of hydrogen-bond acceptors (Lipinski definition) is 4. The normalized spacial score (nSPS) is 15.3. The summed E-state index contributed by atoms with van der Waals surface area (Å²) in [6.45, 7) is 3.20. The average Bonchev–Trinajstić information content (AvgIpc) is 2.46. The van der Waals surface area contributed by atoms with Crippen LogP contribution in [-0.2, 0) is 6.54 Å². The van der Waals surface area contributed by atoms with E-state index in [0.29, 0.717) is 0 Å². The van der Waals surface area contributed by atoms with Crippen molar-refractivity contribution >= 4 is 17.8 Å². The largest absolute Gasteiger partial charge is 0.297 e. The maximum atomic E-state index is 8.77. The van der Waals surface area contributed by atoms with Crippen molar-refractivity contribution in [2.75, 3.05) is 24.6 Å². The second-order valence-corrected chi connectivity index (χ2v) is 5.64. The van der Waals surface area contributed by atoms with Gasteiger partial charge in [0.25, 0.3) is 0 Å². The highest BCUT2D eigenvalue weighted by Gasteiger charge is 2.10. The van der Waals surface area contributed by atoms with Crippen molar-refractivity contribution in [2.45, 2.75) is 6.54 Å². The summed E-state index contributed by atoms with van der Waals surface area (Å²) in [5, 5.41) is 17.5. The summed E-state index contributed by atoms with van der Waals surface area (Å²) in [5.74, 6) is 2.40. The van der Waals surface area contributed by atoms with Gasteiger partial charge in [0.05, 0.1) is 0 Å².